The van der Waals surface area contributed by atoms with Gasteiger partial charge in [0.25, 0.3) is 0 Å². The van der Waals surface area contributed by atoms with Crippen LogP contribution in [-0.4, -0.2) is 25.7 Å². The predicted molar refractivity (Wildman–Crippen MR) is 85.8 cm³/mol. The molecule has 0 radical (unpaired) electrons. The highest BCUT2D eigenvalue weighted by Gasteiger charge is 2.11. The minimum Gasteiger partial charge on any atom is -0.496 e. The summed E-state index contributed by atoms with van der Waals surface area (Å²) in [6.45, 7) is 5.33. The maximum Gasteiger partial charge on any atom is 0.122 e. The minimum atomic E-state index is 0.437. The highest BCUT2D eigenvalue weighted by molar-refractivity contribution is 7.09. The molecule has 20 heavy (non-hydrogen) atoms. The van der Waals surface area contributed by atoms with Gasteiger partial charge in [0.1, 0.15) is 5.75 Å². The minimum absolute atomic E-state index is 0.437. The van der Waals surface area contributed by atoms with Gasteiger partial charge in [0.15, 0.2) is 0 Å². The molecule has 2 rings (SSSR count). The molecule has 0 aliphatic carbocycles. The standard InChI is InChI=1S/C16H22N2OS/c1-11(2)13-9-12(5-6-15(13)19-4)14-10-20-16(18-14)7-8-17-3/h5-6,9-11,17H,7-8H2,1-4H3. The number of thiazole rings is 1. The molecule has 1 heterocycles. The van der Waals surface area contributed by atoms with Crippen molar-refractivity contribution < 1.29 is 4.74 Å². The van der Waals surface area contributed by atoms with Crippen LogP contribution in [0, 0.1) is 0 Å². The molecule has 0 atom stereocenters. The van der Waals surface area contributed by atoms with E-state index < -0.39 is 0 Å². The fourth-order valence-corrected chi connectivity index (χ4v) is 2.94. The van der Waals surface area contributed by atoms with Crippen LogP contribution in [-0.2, 0) is 6.42 Å². The second-order valence-electron chi connectivity index (χ2n) is 5.09. The molecule has 0 spiro atoms. The molecule has 0 saturated carbocycles. The Hall–Kier alpha value is -1.39. The summed E-state index contributed by atoms with van der Waals surface area (Å²) in [7, 11) is 3.69. The van der Waals surface area contributed by atoms with Crippen LogP contribution in [0.3, 0.4) is 0 Å². The molecule has 1 N–H and O–H groups in total. The van der Waals surface area contributed by atoms with Crippen molar-refractivity contribution in [1.82, 2.24) is 10.3 Å². The van der Waals surface area contributed by atoms with E-state index >= 15 is 0 Å². The summed E-state index contributed by atoms with van der Waals surface area (Å²) in [5.74, 6) is 1.39. The number of methoxy groups -OCH3 is 1. The lowest BCUT2D eigenvalue weighted by Gasteiger charge is -2.12. The molecular formula is C16H22N2OS. The van der Waals surface area contributed by atoms with Gasteiger partial charge in [-0.25, -0.2) is 4.98 Å². The van der Waals surface area contributed by atoms with Crippen molar-refractivity contribution in [3.8, 4) is 17.0 Å². The number of rotatable bonds is 6. The van der Waals surface area contributed by atoms with Crippen LogP contribution in [0.5, 0.6) is 5.75 Å². The quantitative estimate of drug-likeness (QED) is 0.880. The van der Waals surface area contributed by atoms with E-state index in [1.54, 1.807) is 18.4 Å². The van der Waals surface area contributed by atoms with Crippen molar-refractivity contribution in [2.24, 2.45) is 0 Å². The van der Waals surface area contributed by atoms with Crippen LogP contribution >= 0.6 is 11.3 Å². The molecule has 0 aliphatic heterocycles. The van der Waals surface area contributed by atoms with Crippen LogP contribution in [0.15, 0.2) is 23.6 Å². The van der Waals surface area contributed by atoms with Crippen molar-refractivity contribution in [1.29, 1.82) is 0 Å². The normalized spacial score (nSPS) is 11.1. The van der Waals surface area contributed by atoms with Crippen molar-refractivity contribution in [2.45, 2.75) is 26.2 Å². The third-order valence-electron chi connectivity index (χ3n) is 3.29. The van der Waals surface area contributed by atoms with Crippen LogP contribution in [0.4, 0.5) is 0 Å². The summed E-state index contributed by atoms with van der Waals surface area (Å²) in [4.78, 5) is 4.71. The molecule has 0 saturated heterocycles. The molecule has 0 unspecified atom stereocenters. The van der Waals surface area contributed by atoms with E-state index in [9.17, 15) is 0 Å². The lowest BCUT2D eigenvalue weighted by atomic mass is 9.98. The first-order valence-corrected chi connectivity index (χ1v) is 7.81. The van der Waals surface area contributed by atoms with Gasteiger partial charge in [-0.05, 0) is 36.7 Å². The second kappa shape index (κ2) is 6.86. The first kappa shape index (κ1) is 15.0. The van der Waals surface area contributed by atoms with Crippen molar-refractivity contribution in [2.75, 3.05) is 20.7 Å². The van der Waals surface area contributed by atoms with Gasteiger partial charge >= 0.3 is 0 Å². The second-order valence-corrected chi connectivity index (χ2v) is 6.03. The van der Waals surface area contributed by atoms with Gasteiger partial charge in [-0.2, -0.15) is 0 Å². The van der Waals surface area contributed by atoms with Gasteiger partial charge in [-0.1, -0.05) is 13.8 Å². The summed E-state index contributed by atoms with van der Waals surface area (Å²) >= 11 is 1.73. The zero-order valence-corrected chi connectivity index (χ0v) is 13.4. The number of nitrogens with one attached hydrogen (secondary N) is 1. The number of benzene rings is 1. The van der Waals surface area contributed by atoms with E-state index in [1.165, 1.54) is 16.1 Å². The maximum absolute atomic E-state index is 5.43. The predicted octanol–water partition coefficient (Wildman–Crippen LogP) is 3.70. The Labute approximate surface area is 125 Å². The van der Waals surface area contributed by atoms with Crippen molar-refractivity contribution in [3.05, 3.63) is 34.2 Å². The highest BCUT2D eigenvalue weighted by Crippen LogP contribution is 2.31. The maximum atomic E-state index is 5.43. The number of hydrogen-bond donors (Lipinski definition) is 1. The molecule has 108 valence electrons. The number of likely N-dealkylation sites (N-methyl/N-ethyl adjacent to an activating group) is 1. The lowest BCUT2D eigenvalue weighted by Crippen LogP contribution is -2.09. The smallest absolute Gasteiger partial charge is 0.122 e. The van der Waals surface area contributed by atoms with Crippen LogP contribution in [0.2, 0.25) is 0 Å². The summed E-state index contributed by atoms with van der Waals surface area (Å²) in [5, 5.41) is 6.47. The Morgan fingerprint density at radius 1 is 1.35 bits per heavy atom. The Morgan fingerprint density at radius 3 is 2.80 bits per heavy atom. The Kier molecular flexibility index (Phi) is 5.15. The van der Waals surface area contributed by atoms with Crippen LogP contribution < -0.4 is 10.1 Å². The third-order valence-corrected chi connectivity index (χ3v) is 4.20. The van der Waals surface area contributed by atoms with Crippen LogP contribution in [0.25, 0.3) is 11.3 Å². The topological polar surface area (TPSA) is 34.2 Å². The molecule has 0 fully saturated rings. The summed E-state index contributed by atoms with van der Waals surface area (Å²) < 4.78 is 5.43. The van der Waals surface area contributed by atoms with E-state index in [-0.39, 0.29) is 0 Å². The summed E-state index contributed by atoms with van der Waals surface area (Å²) in [5.41, 5.74) is 3.46. The summed E-state index contributed by atoms with van der Waals surface area (Å²) in [6.07, 6.45) is 0.981. The highest BCUT2D eigenvalue weighted by atomic mass is 32.1. The van der Waals surface area contributed by atoms with E-state index in [2.05, 4.69) is 36.7 Å². The third kappa shape index (κ3) is 3.38. The molecule has 0 bridgehead atoms. The largest absolute Gasteiger partial charge is 0.496 e. The SMILES string of the molecule is CNCCc1nc(-c2ccc(OC)c(C(C)C)c2)cs1. The van der Waals surface area contributed by atoms with Gasteiger partial charge in [0.05, 0.1) is 17.8 Å². The fourth-order valence-electron chi connectivity index (χ4n) is 2.14. The van der Waals surface area contributed by atoms with Gasteiger partial charge < -0.3 is 10.1 Å². The van der Waals surface area contributed by atoms with E-state index in [1.807, 2.05) is 13.1 Å². The molecule has 1 aromatic carbocycles. The molecule has 4 heteroatoms. The van der Waals surface area contributed by atoms with Gasteiger partial charge in [-0.3, -0.25) is 0 Å². The monoisotopic (exact) mass is 290 g/mol. The lowest BCUT2D eigenvalue weighted by molar-refractivity contribution is 0.407. The molecule has 1 aromatic heterocycles. The Bertz CT molecular complexity index is 563. The number of aromatic nitrogens is 1. The molecule has 2 aromatic rings. The molecular weight excluding hydrogens is 268 g/mol. The molecule has 0 aliphatic rings. The first-order valence-electron chi connectivity index (χ1n) is 6.93. The van der Waals surface area contributed by atoms with Gasteiger partial charge in [-0.15, -0.1) is 11.3 Å². The van der Waals surface area contributed by atoms with Gasteiger partial charge in [0.2, 0.25) is 0 Å². The number of nitrogens with zero attached hydrogens (tertiary/aromatic N) is 1. The first-order chi connectivity index (χ1) is 9.65. The molecule has 3 nitrogen and oxygen atoms in total. The van der Waals surface area contributed by atoms with E-state index in [0.717, 1.165) is 24.4 Å². The van der Waals surface area contributed by atoms with Crippen molar-refractivity contribution >= 4 is 11.3 Å². The average molecular weight is 290 g/mol. The number of ether oxygens (including phenoxy) is 1. The molecule has 0 amide bonds. The van der Waals surface area contributed by atoms with E-state index in [0.29, 0.717) is 5.92 Å². The zero-order valence-electron chi connectivity index (χ0n) is 12.6. The van der Waals surface area contributed by atoms with E-state index in [4.69, 9.17) is 9.72 Å². The van der Waals surface area contributed by atoms with Gasteiger partial charge in [0, 0.05) is 23.9 Å². The zero-order chi connectivity index (χ0) is 14.5. The van der Waals surface area contributed by atoms with Crippen LogP contribution in [0.1, 0.15) is 30.3 Å². The number of hydrogen-bond acceptors (Lipinski definition) is 4. The van der Waals surface area contributed by atoms with Crippen molar-refractivity contribution in [3.63, 3.8) is 0 Å². The summed E-state index contributed by atoms with van der Waals surface area (Å²) in [6, 6.07) is 6.32. The fraction of sp³-hybridized carbons (Fsp3) is 0.438. The average Bonchev–Trinajstić information content (AvgIpc) is 2.93. The Morgan fingerprint density at radius 2 is 2.15 bits per heavy atom. The Balaban J connectivity index is 2.28.